The van der Waals surface area contributed by atoms with Gasteiger partial charge in [0, 0.05) is 13.2 Å². The first-order chi connectivity index (χ1) is 6.24. The molecule has 13 heavy (non-hydrogen) atoms. The molecule has 0 bridgehead atoms. The van der Waals surface area contributed by atoms with E-state index in [1.54, 1.807) is 11.7 Å². The molecular weight excluding hydrogens is 168 g/mol. The van der Waals surface area contributed by atoms with Crippen molar-refractivity contribution in [2.45, 2.75) is 0 Å². The van der Waals surface area contributed by atoms with Gasteiger partial charge in [-0.2, -0.15) is 10.4 Å². The number of nitrogens with zero attached hydrogens (tertiary/aromatic N) is 3. The predicted molar refractivity (Wildman–Crippen MR) is 46.0 cm³/mol. The molecule has 5 nitrogen and oxygen atoms in total. The van der Waals surface area contributed by atoms with Gasteiger partial charge in [0.15, 0.2) is 0 Å². The van der Waals surface area contributed by atoms with Crippen LogP contribution in [0.3, 0.4) is 0 Å². The summed E-state index contributed by atoms with van der Waals surface area (Å²) in [5.74, 6) is 0. The van der Waals surface area contributed by atoms with Crippen molar-refractivity contribution in [2.24, 2.45) is 7.05 Å². The zero-order valence-electron chi connectivity index (χ0n) is 6.90. The quantitative estimate of drug-likeness (QED) is 0.617. The number of H-pyrrole nitrogens is 1. The summed E-state index contributed by atoms with van der Waals surface area (Å²) < 4.78 is 1.55. The number of hydrogen-bond acceptors (Lipinski definition) is 3. The third-order valence-electron chi connectivity index (χ3n) is 1.90. The summed E-state index contributed by atoms with van der Waals surface area (Å²) in [5, 5.41) is 12.9. The highest BCUT2D eigenvalue weighted by molar-refractivity contribution is 5.75. The highest BCUT2D eigenvalue weighted by atomic mass is 16.1. The van der Waals surface area contributed by atoms with E-state index in [-0.39, 0.29) is 11.0 Å². The van der Waals surface area contributed by atoms with Gasteiger partial charge in [-0.05, 0) is 0 Å². The summed E-state index contributed by atoms with van der Waals surface area (Å²) in [4.78, 5) is 14.3. The largest absolute Gasteiger partial charge is 0.345 e. The lowest BCUT2D eigenvalue weighted by Gasteiger charge is -1.93. The predicted octanol–water partition coefficient (Wildman–Crippen LogP) is 0.133. The van der Waals surface area contributed by atoms with E-state index >= 15 is 0 Å². The van der Waals surface area contributed by atoms with Crippen LogP contribution in [0.4, 0.5) is 0 Å². The van der Waals surface area contributed by atoms with Gasteiger partial charge >= 0.3 is 0 Å². The second-order valence-electron chi connectivity index (χ2n) is 2.67. The average molecular weight is 174 g/mol. The van der Waals surface area contributed by atoms with Crippen LogP contribution in [0.15, 0.2) is 17.2 Å². The summed E-state index contributed by atoms with van der Waals surface area (Å²) in [6.07, 6.45) is 2.85. The first-order valence-corrected chi connectivity index (χ1v) is 3.67. The Morgan fingerprint density at radius 2 is 2.46 bits per heavy atom. The van der Waals surface area contributed by atoms with Crippen LogP contribution in [-0.2, 0) is 7.05 Å². The van der Waals surface area contributed by atoms with Gasteiger partial charge in [0.1, 0.15) is 17.3 Å². The Hall–Kier alpha value is -2.09. The third-order valence-corrected chi connectivity index (χ3v) is 1.90. The van der Waals surface area contributed by atoms with Gasteiger partial charge in [0.25, 0.3) is 0 Å². The normalized spacial score (nSPS) is 10.2. The lowest BCUT2D eigenvalue weighted by molar-refractivity contribution is 0.786. The average Bonchev–Trinajstić information content (AvgIpc) is 2.50. The second-order valence-corrected chi connectivity index (χ2v) is 2.67. The van der Waals surface area contributed by atoms with E-state index in [4.69, 9.17) is 5.26 Å². The van der Waals surface area contributed by atoms with Gasteiger partial charge < -0.3 is 4.98 Å². The molecule has 0 aliphatic rings. The third kappa shape index (κ3) is 0.924. The van der Waals surface area contributed by atoms with E-state index < -0.39 is 0 Å². The maximum absolute atomic E-state index is 11.5. The van der Waals surface area contributed by atoms with Crippen LogP contribution in [0, 0.1) is 11.3 Å². The van der Waals surface area contributed by atoms with Crippen molar-refractivity contribution in [3.05, 3.63) is 28.2 Å². The lowest BCUT2D eigenvalue weighted by Crippen LogP contribution is -2.06. The van der Waals surface area contributed by atoms with Crippen LogP contribution in [0.1, 0.15) is 5.56 Å². The van der Waals surface area contributed by atoms with Gasteiger partial charge in [0.2, 0.25) is 5.43 Å². The standard InChI is InChI=1S/C8H6N4O/c1-12-8-6(4-11-12)7(13)5(2-9)3-10-8/h3-4H,1H3,(H,10,13). The minimum Gasteiger partial charge on any atom is -0.345 e. The summed E-state index contributed by atoms with van der Waals surface area (Å²) in [6.45, 7) is 0. The van der Waals surface area contributed by atoms with E-state index in [2.05, 4.69) is 10.1 Å². The molecule has 0 radical (unpaired) electrons. The van der Waals surface area contributed by atoms with Crippen molar-refractivity contribution >= 4 is 11.0 Å². The Labute approximate surface area is 73.2 Å². The van der Waals surface area contributed by atoms with Crippen LogP contribution in [0.5, 0.6) is 0 Å². The Kier molecular flexibility index (Phi) is 1.43. The number of pyridine rings is 1. The summed E-state index contributed by atoms with van der Waals surface area (Å²) in [6, 6.07) is 1.82. The fraction of sp³-hybridized carbons (Fsp3) is 0.125. The molecule has 2 heterocycles. The highest BCUT2D eigenvalue weighted by Crippen LogP contribution is 2.04. The minimum absolute atomic E-state index is 0.112. The van der Waals surface area contributed by atoms with Crippen LogP contribution in [0.2, 0.25) is 0 Å². The number of nitriles is 1. The van der Waals surface area contributed by atoms with Gasteiger partial charge in [0.05, 0.1) is 11.6 Å². The molecule has 0 amide bonds. The first-order valence-electron chi connectivity index (χ1n) is 3.67. The molecular formula is C8H6N4O. The lowest BCUT2D eigenvalue weighted by atomic mass is 10.2. The molecule has 0 fully saturated rings. The molecule has 0 saturated carbocycles. The highest BCUT2D eigenvalue weighted by Gasteiger charge is 2.06. The number of fused-ring (bicyclic) bond motifs is 1. The molecule has 0 unspecified atom stereocenters. The first kappa shape index (κ1) is 7.55. The van der Waals surface area contributed by atoms with E-state index in [1.165, 1.54) is 12.4 Å². The summed E-state index contributed by atoms with van der Waals surface area (Å²) in [7, 11) is 1.73. The van der Waals surface area contributed by atoms with Crippen LogP contribution in [-0.4, -0.2) is 14.8 Å². The number of aryl methyl sites for hydroxylation is 1. The molecule has 64 valence electrons. The number of hydrogen-bond donors (Lipinski definition) is 1. The maximum Gasteiger partial charge on any atom is 0.210 e. The number of aromatic nitrogens is 3. The van der Waals surface area contributed by atoms with Crippen molar-refractivity contribution < 1.29 is 0 Å². The van der Waals surface area contributed by atoms with E-state index in [0.29, 0.717) is 11.0 Å². The van der Waals surface area contributed by atoms with Crippen molar-refractivity contribution in [3.8, 4) is 6.07 Å². The molecule has 0 saturated heterocycles. The Morgan fingerprint density at radius 3 is 3.15 bits per heavy atom. The molecule has 0 aliphatic carbocycles. The maximum atomic E-state index is 11.5. The van der Waals surface area contributed by atoms with Gasteiger partial charge in [-0.25, -0.2) is 0 Å². The molecule has 1 N–H and O–H groups in total. The van der Waals surface area contributed by atoms with Crippen LogP contribution < -0.4 is 5.43 Å². The molecule has 0 atom stereocenters. The van der Waals surface area contributed by atoms with Gasteiger partial charge in [-0.15, -0.1) is 0 Å². The van der Waals surface area contributed by atoms with Crippen LogP contribution in [0.25, 0.3) is 11.0 Å². The Bertz CT molecular complexity index is 558. The number of rotatable bonds is 0. The molecule has 0 spiro atoms. The molecule has 0 aliphatic heterocycles. The van der Waals surface area contributed by atoms with Crippen molar-refractivity contribution in [1.29, 1.82) is 5.26 Å². The fourth-order valence-corrected chi connectivity index (χ4v) is 1.21. The Morgan fingerprint density at radius 1 is 1.69 bits per heavy atom. The second kappa shape index (κ2) is 2.45. The fourth-order valence-electron chi connectivity index (χ4n) is 1.21. The molecule has 0 aromatic carbocycles. The summed E-state index contributed by atoms with van der Waals surface area (Å²) >= 11 is 0. The Balaban J connectivity index is 2.99. The molecule has 5 heteroatoms. The van der Waals surface area contributed by atoms with E-state index in [9.17, 15) is 4.79 Å². The monoisotopic (exact) mass is 174 g/mol. The zero-order chi connectivity index (χ0) is 9.42. The van der Waals surface area contributed by atoms with Crippen molar-refractivity contribution in [1.82, 2.24) is 14.8 Å². The topological polar surface area (TPSA) is 74.5 Å². The van der Waals surface area contributed by atoms with Crippen molar-refractivity contribution in [2.75, 3.05) is 0 Å². The van der Waals surface area contributed by atoms with E-state index in [0.717, 1.165) is 0 Å². The van der Waals surface area contributed by atoms with Crippen LogP contribution >= 0.6 is 0 Å². The minimum atomic E-state index is -0.274. The SMILES string of the molecule is Cn1ncc2c(=O)c(C#N)c[nH]c21. The zero-order valence-corrected chi connectivity index (χ0v) is 6.90. The molecule has 2 aromatic heterocycles. The van der Waals surface area contributed by atoms with Gasteiger partial charge in [-0.3, -0.25) is 9.48 Å². The van der Waals surface area contributed by atoms with Crippen molar-refractivity contribution in [3.63, 3.8) is 0 Å². The smallest absolute Gasteiger partial charge is 0.210 e. The molecule has 2 aromatic rings. The number of aromatic amines is 1. The summed E-state index contributed by atoms with van der Waals surface area (Å²) in [5.41, 5.74) is 0.467. The van der Waals surface area contributed by atoms with Gasteiger partial charge in [-0.1, -0.05) is 0 Å². The number of nitrogens with one attached hydrogen (secondary N) is 1. The van der Waals surface area contributed by atoms with E-state index in [1.807, 2.05) is 6.07 Å². The molecule has 2 rings (SSSR count).